The summed E-state index contributed by atoms with van der Waals surface area (Å²) in [7, 11) is 0. The van der Waals surface area contributed by atoms with Crippen molar-refractivity contribution in [1.82, 2.24) is 4.57 Å². The molecule has 0 atom stereocenters. The van der Waals surface area contributed by atoms with Crippen molar-refractivity contribution in [2.45, 2.75) is 5.41 Å². The van der Waals surface area contributed by atoms with Crippen LogP contribution in [0.25, 0.3) is 93.9 Å². The van der Waals surface area contributed by atoms with Crippen LogP contribution >= 0.6 is 0 Å². The molecule has 0 radical (unpaired) electrons. The zero-order chi connectivity index (χ0) is 46.4. The third-order valence-corrected chi connectivity index (χ3v) is 15.6. The number of rotatable bonds is 5. The van der Waals surface area contributed by atoms with E-state index in [2.05, 4.69) is 240 Å². The highest BCUT2D eigenvalue weighted by molar-refractivity contribution is 6.14. The number of aromatic nitrogens is 1. The Morgan fingerprint density at radius 1 is 0.380 bits per heavy atom. The van der Waals surface area contributed by atoms with Gasteiger partial charge in [-0.15, -0.1) is 0 Å². The highest BCUT2D eigenvalue weighted by Gasteiger charge is 2.52. The Kier molecular flexibility index (Phi) is 7.79. The normalized spacial score (nSPS) is 13.3. The number of benzene rings is 11. The van der Waals surface area contributed by atoms with Crippen molar-refractivity contribution in [2.24, 2.45) is 0 Å². The van der Waals surface area contributed by atoms with Gasteiger partial charge in [-0.1, -0.05) is 170 Å². The third-order valence-electron chi connectivity index (χ3n) is 15.6. The fourth-order valence-electron chi connectivity index (χ4n) is 12.8. The van der Waals surface area contributed by atoms with Crippen LogP contribution < -0.4 is 9.64 Å². The van der Waals surface area contributed by atoms with Crippen molar-refractivity contribution in [1.29, 1.82) is 0 Å². The summed E-state index contributed by atoms with van der Waals surface area (Å²) in [6, 6.07) is 88.7. The highest BCUT2D eigenvalue weighted by atomic mass is 16.5. The van der Waals surface area contributed by atoms with Crippen LogP contribution in [0.5, 0.6) is 11.5 Å². The van der Waals surface area contributed by atoms with E-state index in [1.165, 1.54) is 55.3 Å². The highest BCUT2D eigenvalue weighted by Crippen LogP contribution is 2.64. The predicted octanol–water partition coefficient (Wildman–Crippen LogP) is 17.9. The zero-order valence-corrected chi connectivity index (χ0v) is 38.3. The van der Waals surface area contributed by atoms with E-state index in [4.69, 9.17) is 9.15 Å². The number of ether oxygens (including phenoxy) is 1. The summed E-state index contributed by atoms with van der Waals surface area (Å²) in [5.74, 6) is 1.74. The number of hydrogen-bond acceptors (Lipinski definition) is 3. The maximum atomic E-state index is 6.47. The molecule has 330 valence electrons. The molecule has 2 aromatic heterocycles. The molecule has 0 unspecified atom stereocenters. The van der Waals surface area contributed by atoms with Gasteiger partial charge in [0.25, 0.3) is 0 Å². The summed E-state index contributed by atoms with van der Waals surface area (Å²) in [5.41, 5.74) is 22.8. The van der Waals surface area contributed by atoms with Gasteiger partial charge in [0, 0.05) is 38.5 Å². The van der Waals surface area contributed by atoms with Crippen molar-refractivity contribution >= 4 is 60.8 Å². The fraction of sp³-hybridized carbons (Fsp3) is 0.0149. The van der Waals surface area contributed by atoms with Crippen molar-refractivity contribution in [3.8, 4) is 61.7 Å². The van der Waals surface area contributed by atoms with E-state index in [-0.39, 0.29) is 0 Å². The lowest BCUT2D eigenvalue weighted by atomic mass is 9.70. The lowest BCUT2D eigenvalue weighted by molar-refractivity contribution is 0.476. The molecule has 3 aliphatic rings. The first-order chi connectivity index (χ1) is 35.2. The number of furan rings is 1. The first-order valence-corrected chi connectivity index (χ1v) is 24.4. The SMILES string of the molecule is c1cc(-c2ccc3c(c2)c2cccc4c2n3-c2ccccc2O4)cc(N(c2ccc(-c3cccc4oc5ccccc5c34)cc2)c2cccc3c2-c2ccccc2C32c3ccccc3-c3ccccc32)c1. The van der Waals surface area contributed by atoms with E-state index in [1.54, 1.807) is 0 Å². The molecule has 16 rings (SSSR count). The molecule has 0 amide bonds. The molecule has 0 saturated heterocycles. The summed E-state index contributed by atoms with van der Waals surface area (Å²) in [5, 5.41) is 4.62. The smallest absolute Gasteiger partial charge is 0.152 e. The Morgan fingerprint density at radius 2 is 0.986 bits per heavy atom. The predicted molar refractivity (Wildman–Crippen MR) is 290 cm³/mol. The molecule has 4 nitrogen and oxygen atoms in total. The molecular weight excluding hydrogens is 865 g/mol. The summed E-state index contributed by atoms with van der Waals surface area (Å²) >= 11 is 0. The number of hydrogen-bond donors (Lipinski definition) is 0. The number of fused-ring (bicyclic) bond motifs is 18. The maximum absolute atomic E-state index is 6.47. The van der Waals surface area contributed by atoms with E-state index in [9.17, 15) is 0 Å². The van der Waals surface area contributed by atoms with Gasteiger partial charge in [0.15, 0.2) is 11.5 Å². The van der Waals surface area contributed by atoms with Crippen molar-refractivity contribution in [3.63, 3.8) is 0 Å². The topological polar surface area (TPSA) is 30.5 Å². The molecule has 11 aromatic carbocycles. The minimum absolute atomic E-state index is 0.472. The molecule has 2 aliphatic carbocycles. The van der Waals surface area contributed by atoms with Gasteiger partial charge in [-0.3, -0.25) is 0 Å². The number of para-hydroxylation sites is 4. The molecule has 1 spiro atoms. The lowest BCUT2D eigenvalue weighted by Crippen LogP contribution is -2.26. The van der Waals surface area contributed by atoms with Crippen LogP contribution in [0.15, 0.2) is 247 Å². The minimum atomic E-state index is -0.472. The maximum Gasteiger partial charge on any atom is 0.152 e. The Morgan fingerprint density at radius 3 is 1.83 bits per heavy atom. The van der Waals surface area contributed by atoms with Crippen molar-refractivity contribution in [2.75, 3.05) is 4.90 Å². The molecule has 13 aromatic rings. The largest absolute Gasteiger partial charge is 0.456 e. The first-order valence-electron chi connectivity index (χ1n) is 24.4. The Labute approximate surface area is 409 Å². The standard InChI is InChI=1S/C67H40N2O2/c1-5-23-53-47(17-1)48-18-2-6-24-54(48)67(53)55-25-7-3-19-50(55)65-56(67)26-14-28-59(65)68(44-36-33-41(34-37-44)46-21-12-31-62-64(46)51-20-4-9-29-60(51)70-62)45-16-11-15-42(39-45)43-35-38-57-52(40-43)49-22-13-32-63-66(49)69(57)58-27-8-10-30-61(58)71-63/h1-40H. The summed E-state index contributed by atoms with van der Waals surface area (Å²) in [6.07, 6.45) is 0. The Bertz CT molecular complexity index is 4360. The van der Waals surface area contributed by atoms with E-state index >= 15 is 0 Å². The van der Waals surface area contributed by atoms with Crippen molar-refractivity contribution < 1.29 is 9.15 Å². The van der Waals surface area contributed by atoms with Crippen LogP contribution in [0.2, 0.25) is 0 Å². The number of nitrogens with zero attached hydrogens (tertiary/aromatic N) is 2. The van der Waals surface area contributed by atoms with E-state index in [0.29, 0.717) is 0 Å². The Balaban J connectivity index is 0.911. The van der Waals surface area contributed by atoms with Crippen LogP contribution in [-0.2, 0) is 5.41 Å². The van der Waals surface area contributed by atoms with Crippen LogP contribution in [0, 0.1) is 0 Å². The van der Waals surface area contributed by atoms with Crippen LogP contribution in [-0.4, -0.2) is 4.57 Å². The molecule has 4 heteroatoms. The molecule has 1 aliphatic heterocycles. The van der Waals surface area contributed by atoms with Crippen LogP contribution in [0.1, 0.15) is 22.3 Å². The van der Waals surface area contributed by atoms with Gasteiger partial charge >= 0.3 is 0 Å². The van der Waals surface area contributed by atoms with Crippen LogP contribution in [0.3, 0.4) is 0 Å². The van der Waals surface area contributed by atoms with Gasteiger partial charge in [-0.05, 0) is 134 Å². The average Bonchev–Trinajstić information content (AvgIpc) is 4.17. The minimum Gasteiger partial charge on any atom is -0.456 e. The Hall–Kier alpha value is -9.38. The monoisotopic (exact) mass is 904 g/mol. The van der Waals surface area contributed by atoms with Gasteiger partial charge < -0.3 is 18.6 Å². The van der Waals surface area contributed by atoms with Gasteiger partial charge in [-0.25, -0.2) is 0 Å². The van der Waals surface area contributed by atoms with Gasteiger partial charge in [0.2, 0.25) is 0 Å². The molecule has 71 heavy (non-hydrogen) atoms. The summed E-state index contributed by atoms with van der Waals surface area (Å²) < 4.78 is 15.2. The quantitative estimate of drug-likeness (QED) is 0.172. The second kappa shape index (κ2) is 14.3. The molecule has 0 bridgehead atoms. The average molecular weight is 905 g/mol. The second-order valence-corrected chi connectivity index (χ2v) is 19.1. The van der Waals surface area contributed by atoms with Gasteiger partial charge in [0.05, 0.1) is 27.8 Å². The lowest BCUT2D eigenvalue weighted by Gasteiger charge is -2.32. The van der Waals surface area contributed by atoms with Gasteiger partial charge in [-0.2, -0.15) is 0 Å². The van der Waals surface area contributed by atoms with E-state index in [0.717, 1.165) is 89.5 Å². The summed E-state index contributed by atoms with van der Waals surface area (Å²) in [4.78, 5) is 2.48. The second-order valence-electron chi connectivity index (χ2n) is 19.1. The fourth-order valence-corrected chi connectivity index (χ4v) is 12.8. The molecule has 3 heterocycles. The third kappa shape index (κ3) is 5.18. The van der Waals surface area contributed by atoms with E-state index in [1.807, 2.05) is 12.1 Å². The van der Waals surface area contributed by atoms with Crippen molar-refractivity contribution in [3.05, 3.63) is 265 Å². The molecule has 0 N–H and O–H groups in total. The molecule has 0 fully saturated rings. The summed E-state index contributed by atoms with van der Waals surface area (Å²) in [6.45, 7) is 0. The first kappa shape index (κ1) is 38.6. The zero-order valence-electron chi connectivity index (χ0n) is 38.3. The van der Waals surface area contributed by atoms with E-state index < -0.39 is 5.41 Å². The number of anilines is 3. The molecular formula is C67H40N2O2. The van der Waals surface area contributed by atoms with Crippen LogP contribution in [0.4, 0.5) is 17.1 Å². The molecule has 0 saturated carbocycles. The van der Waals surface area contributed by atoms with Gasteiger partial charge in [0.1, 0.15) is 11.2 Å².